The number of sulfonamides is 1. The summed E-state index contributed by atoms with van der Waals surface area (Å²) in [6.45, 7) is 3.38. The summed E-state index contributed by atoms with van der Waals surface area (Å²) in [5.41, 5.74) is 2.30. The highest BCUT2D eigenvalue weighted by atomic mass is 32.2. The van der Waals surface area contributed by atoms with Crippen LogP contribution >= 0.6 is 0 Å². The third-order valence-electron chi connectivity index (χ3n) is 3.90. The second kappa shape index (κ2) is 7.32. The van der Waals surface area contributed by atoms with Gasteiger partial charge in [-0.1, -0.05) is 0 Å². The molecule has 1 aromatic carbocycles. The monoisotopic (exact) mass is 368 g/mol. The molecule has 0 spiro atoms. The number of hydrogen-bond donors (Lipinski definition) is 1. The molecular weight excluding hydrogens is 347 g/mol. The van der Waals surface area contributed by atoms with E-state index in [1.165, 1.54) is 19.2 Å². The number of halogens is 1. The van der Waals surface area contributed by atoms with E-state index in [1.54, 1.807) is 29.9 Å². The number of carbonyl (C=O) groups is 1. The first kappa shape index (κ1) is 19.1. The predicted octanol–water partition coefficient (Wildman–Crippen LogP) is 1.39. The Hall–Kier alpha value is -2.26. The van der Waals surface area contributed by atoms with Crippen LogP contribution in [0.15, 0.2) is 30.5 Å². The molecule has 7 nitrogen and oxygen atoms in total. The van der Waals surface area contributed by atoms with Crippen molar-refractivity contribution in [2.75, 3.05) is 19.8 Å². The number of nitrogens with zero attached hydrogens (tertiary/aromatic N) is 3. The molecule has 0 saturated heterocycles. The predicted molar refractivity (Wildman–Crippen MR) is 92.3 cm³/mol. The number of nitrogens with one attached hydrogen (secondary N) is 1. The third-order valence-corrected chi connectivity index (χ3v) is 5.16. The first-order valence-electron chi connectivity index (χ1n) is 7.60. The Morgan fingerprint density at radius 2 is 1.96 bits per heavy atom. The van der Waals surface area contributed by atoms with E-state index < -0.39 is 15.9 Å². The Balaban J connectivity index is 2.11. The molecule has 0 fully saturated rings. The number of carbonyl (C=O) groups excluding carboxylic acids is 1. The fraction of sp³-hybridized carbons (Fsp3) is 0.375. The maximum atomic E-state index is 13.0. The average Bonchev–Trinajstić information content (AvgIpc) is 2.88. The van der Waals surface area contributed by atoms with Crippen LogP contribution in [0.2, 0.25) is 0 Å². The van der Waals surface area contributed by atoms with Crippen LogP contribution in [-0.4, -0.2) is 48.3 Å². The highest BCUT2D eigenvalue weighted by Gasteiger charge is 2.19. The summed E-state index contributed by atoms with van der Waals surface area (Å²) in [5.74, 6) is -0.737. The topological polar surface area (TPSA) is 84.3 Å². The molecule has 0 aliphatic rings. The van der Waals surface area contributed by atoms with Crippen molar-refractivity contribution in [2.24, 2.45) is 0 Å². The molecule has 1 unspecified atom stereocenters. The lowest BCUT2D eigenvalue weighted by Crippen LogP contribution is -2.38. The van der Waals surface area contributed by atoms with Crippen LogP contribution in [0, 0.1) is 12.7 Å². The van der Waals surface area contributed by atoms with E-state index in [1.807, 2.05) is 6.92 Å². The number of hydrogen-bond acceptors (Lipinski definition) is 4. The third kappa shape index (κ3) is 4.64. The minimum Gasteiger partial charge on any atom is -0.348 e. The van der Waals surface area contributed by atoms with Crippen molar-refractivity contribution in [3.63, 3.8) is 0 Å². The van der Waals surface area contributed by atoms with E-state index >= 15 is 0 Å². The van der Waals surface area contributed by atoms with Crippen molar-refractivity contribution >= 4 is 15.9 Å². The molecule has 2 aromatic rings. The zero-order chi connectivity index (χ0) is 18.8. The summed E-state index contributed by atoms with van der Waals surface area (Å²) in [5, 5.41) is 7.04. The summed E-state index contributed by atoms with van der Waals surface area (Å²) >= 11 is 0. The molecule has 1 N–H and O–H groups in total. The Bertz CT molecular complexity index is 862. The van der Waals surface area contributed by atoms with Crippen LogP contribution in [0.5, 0.6) is 0 Å². The molecular formula is C16H21FN4O3S. The Morgan fingerprint density at radius 1 is 1.36 bits per heavy atom. The molecule has 1 atom stereocenters. The highest BCUT2D eigenvalue weighted by Crippen LogP contribution is 2.20. The Labute approximate surface area is 146 Å². The molecule has 1 heterocycles. The zero-order valence-corrected chi connectivity index (χ0v) is 15.3. The molecule has 1 amide bonds. The summed E-state index contributed by atoms with van der Waals surface area (Å²) in [6.07, 6.45) is 2.67. The van der Waals surface area contributed by atoms with Gasteiger partial charge in [0.2, 0.25) is 15.9 Å². The Morgan fingerprint density at radius 3 is 2.52 bits per heavy atom. The van der Waals surface area contributed by atoms with Crippen LogP contribution in [0.1, 0.15) is 24.2 Å². The van der Waals surface area contributed by atoms with Crippen LogP contribution in [-0.2, 0) is 14.8 Å². The molecule has 25 heavy (non-hydrogen) atoms. The normalized spacial score (nSPS) is 13.0. The second-order valence-corrected chi connectivity index (χ2v) is 7.97. The molecule has 0 aliphatic carbocycles. The van der Waals surface area contributed by atoms with Gasteiger partial charge in [0.05, 0.1) is 30.7 Å². The molecule has 0 radical (unpaired) electrons. The SMILES string of the molecule is Cc1c(C(C)NC(=O)CN(C)S(C)(=O)=O)cnn1-c1ccc(F)cc1. The molecule has 0 bridgehead atoms. The van der Waals surface area contributed by atoms with Crippen molar-refractivity contribution in [3.8, 4) is 5.69 Å². The van der Waals surface area contributed by atoms with Crippen molar-refractivity contribution in [2.45, 2.75) is 19.9 Å². The number of likely N-dealkylation sites (N-methyl/N-ethyl adjacent to an activating group) is 1. The van der Waals surface area contributed by atoms with Gasteiger partial charge in [0, 0.05) is 18.3 Å². The van der Waals surface area contributed by atoms with Gasteiger partial charge in [-0.15, -0.1) is 0 Å². The van der Waals surface area contributed by atoms with Gasteiger partial charge in [-0.3, -0.25) is 4.79 Å². The summed E-state index contributed by atoms with van der Waals surface area (Å²) in [7, 11) is -2.07. The van der Waals surface area contributed by atoms with E-state index in [9.17, 15) is 17.6 Å². The molecule has 1 aromatic heterocycles. The van der Waals surface area contributed by atoms with Gasteiger partial charge in [-0.25, -0.2) is 17.5 Å². The van der Waals surface area contributed by atoms with E-state index in [4.69, 9.17) is 0 Å². The highest BCUT2D eigenvalue weighted by molar-refractivity contribution is 7.88. The molecule has 2 rings (SSSR count). The summed E-state index contributed by atoms with van der Waals surface area (Å²) in [4.78, 5) is 12.0. The van der Waals surface area contributed by atoms with E-state index in [-0.39, 0.29) is 18.4 Å². The molecule has 0 aliphatic heterocycles. The number of amides is 1. The first-order valence-corrected chi connectivity index (χ1v) is 9.45. The van der Waals surface area contributed by atoms with Crippen molar-refractivity contribution < 1.29 is 17.6 Å². The van der Waals surface area contributed by atoms with Crippen molar-refractivity contribution in [1.82, 2.24) is 19.4 Å². The lowest BCUT2D eigenvalue weighted by Gasteiger charge is -2.17. The van der Waals surface area contributed by atoms with Gasteiger partial charge in [0.1, 0.15) is 5.82 Å². The van der Waals surface area contributed by atoms with E-state index in [0.717, 1.165) is 21.8 Å². The maximum Gasteiger partial charge on any atom is 0.235 e. The Kier molecular flexibility index (Phi) is 5.58. The standard InChI is InChI=1S/C16H21FN4O3S/c1-11(19-16(22)10-20(3)25(4,23)24)15-9-18-21(12(15)2)14-7-5-13(17)6-8-14/h5-9,11H,10H2,1-4H3,(H,19,22). The van der Waals surface area contributed by atoms with Gasteiger partial charge >= 0.3 is 0 Å². The minimum absolute atomic E-state index is 0.256. The van der Waals surface area contributed by atoms with Crippen LogP contribution in [0.3, 0.4) is 0 Å². The lowest BCUT2D eigenvalue weighted by atomic mass is 10.1. The quantitative estimate of drug-likeness (QED) is 0.835. The zero-order valence-electron chi connectivity index (χ0n) is 14.5. The smallest absolute Gasteiger partial charge is 0.235 e. The van der Waals surface area contributed by atoms with Gasteiger partial charge in [0.15, 0.2) is 0 Å². The van der Waals surface area contributed by atoms with Gasteiger partial charge in [0.25, 0.3) is 0 Å². The maximum absolute atomic E-state index is 13.0. The minimum atomic E-state index is -3.42. The van der Waals surface area contributed by atoms with Crippen molar-refractivity contribution in [3.05, 3.63) is 47.5 Å². The van der Waals surface area contributed by atoms with Gasteiger partial charge in [-0.05, 0) is 38.1 Å². The van der Waals surface area contributed by atoms with Crippen LogP contribution < -0.4 is 5.32 Å². The van der Waals surface area contributed by atoms with E-state index in [2.05, 4.69) is 10.4 Å². The number of benzene rings is 1. The first-order chi connectivity index (χ1) is 11.6. The molecule has 0 saturated carbocycles. The van der Waals surface area contributed by atoms with Crippen LogP contribution in [0.4, 0.5) is 4.39 Å². The van der Waals surface area contributed by atoms with Gasteiger partial charge < -0.3 is 5.32 Å². The largest absolute Gasteiger partial charge is 0.348 e. The fourth-order valence-corrected chi connectivity index (χ4v) is 2.73. The number of aromatic nitrogens is 2. The van der Waals surface area contributed by atoms with E-state index in [0.29, 0.717) is 5.69 Å². The molecule has 136 valence electrons. The lowest BCUT2D eigenvalue weighted by molar-refractivity contribution is -0.121. The summed E-state index contributed by atoms with van der Waals surface area (Å²) in [6, 6.07) is 5.58. The van der Waals surface area contributed by atoms with Gasteiger partial charge in [-0.2, -0.15) is 9.40 Å². The number of rotatable bonds is 6. The fourth-order valence-electron chi connectivity index (χ4n) is 2.37. The summed E-state index contributed by atoms with van der Waals surface area (Å²) < 4.78 is 38.4. The van der Waals surface area contributed by atoms with Crippen molar-refractivity contribution in [1.29, 1.82) is 0 Å². The van der Waals surface area contributed by atoms with Crippen LogP contribution in [0.25, 0.3) is 5.69 Å². The average molecular weight is 368 g/mol. The molecule has 9 heteroatoms. The second-order valence-electron chi connectivity index (χ2n) is 5.88.